The van der Waals surface area contributed by atoms with Crippen molar-refractivity contribution in [3.8, 4) is 5.88 Å². The van der Waals surface area contributed by atoms with Crippen LogP contribution in [0.25, 0.3) is 10.9 Å². The zero-order valence-electron chi connectivity index (χ0n) is 17.1. The van der Waals surface area contributed by atoms with Crippen molar-refractivity contribution in [3.05, 3.63) is 59.7 Å². The number of aliphatic imine (C=N–C) groups is 1. The molecule has 0 atom stereocenters. The molecule has 0 spiro atoms. The first-order valence-corrected chi connectivity index (χ1v) is 10.4. The molecule has 1 saturated heterocycles. The number of oxime groups is 1. The van der Waals surface area contributed by atoms with Crippen molar-refractivity contribution < 1.29 is 9.94 Å². The average molecular weight is 440 g/mol. The number of para-hydroxylation sites is 2. The highest BCUT2D eigenvalue weighted by Crippen LogP contribution is 2.35. The number of aromatic nitrogens is 1. The molecule has 5 rings (SSSR count). The zero-order chi connectivity index (χ0) is 20.3. The van der Waals surface area contributed by atoms with E-state index in [1.807, 2.05) is 48.5 Å². The third-order valence-corrected chi connectivity index (χ3v) is 5.66. The zero-order valence-corrected chi connectivity index (χ0v) is 17.9. The lowest BCUT2D eigenvalue weighted by molar-refractivity contribution is 0.143. The second kappa shape index (κ2) is 9.51. The van der Waals surface area contributed by atoms with Gasteiger partial charge in [0.1, 0.15) is 18.0 Å². The highest BCUT2D eigenvalue weighted by atomic mass is 35.5. The molecule has 2 aromatic carbocycles. The Hall–Kier alpha value is -2.87. The number of hydrogen-bond donors (Lipinski definition) is 4. The van der Waals surface area contributed by atoms with Crippen molar-refractivity contribution in [2.75, 3.05) is 26.2 Å². The predicted molar refractivity (Wildman–Crippen MR) is 126 cm³/mol. The predicted octanol–water partition coefficient (Wildman–Crippen LogP) is 3.49. The van der Waals surface area contributed by atoms with E-state index in [0.29, 0.717) is 29.6 Å². The fraction of sp³-hybridized carbons (Fsp3) is 0.304. The number of piperidine rings is 1. The van der Waals surface area contributed by atoms with Gasteiger partial charge in [0.2, 0.25) is 0 Å². The Morgan fingerprint density at radius 1 is 1.10 bits per heavy atom. The van der Waals surface area contributed by atoms with Gasteiger partial charge in [-0.25, -0.2) is 4.99 Å². The van der Waals surface area contributed by atoms with Crippen LogP contribution < -0.4 is 10.6 Å². The Kier molecular flexibility index (Phi) is 6.56. The van der Waals surface area contributed by atoms with E-state index in [1.54, 1.807) is 0 Å². The van der Waals surface area contributed by atoms with E-state index < -0.39 is 0 Å². The largest absolute Gasteiger partial charge is 0.494 e. The van der Waals surface area contributed by atoms with Gasteiger partial charge in [0, 0.05) is 29.1 Å². The first-order chi connectivity index (χ1) is 14.8. The lowest BCUT2D eigenvalue weighted by Gasteiger charge is -2.23. The lowest BCUT2D eigenvalue weighted by Crippen LogP contribution is -2.41. The number of fused-ring (bicyclic) bond motifs is 2. The van der Waals surface area contributed by atoms with Gasteiger partial charge in [-0.3, -0.25) is 0 Å². The molecule has 31 heavy (non-hydrogen) atoms. The Bertz CT molecular complexity index is 1120. The molecule has 0 amide bonds. The van der Waals surface area contributed by atoms with Crippen LogP contribution >= 0.6 is 12.4 Å². The molecule has 0 aliphatic carbocycles. The molecular weight excluding hydrogens is 414 g/mol. The van der Waals surface area contributed by atoms with E-state index in [9.17, 15) is 5.11 Å². The summed E-state index contributed by atoms with van der Waals surface area (Å²) in [6.45, 7) is 3.34. The number of H-pyrrole nitrogens is 1. The minimum atomic E-state index is 0. The van der Waals surface area contributed by atoms with Crippen LogP contribution in [-0.2, 0) is 4.84 Å². The van der Waals surface area contributed by atoms with Crippen molar-refractivity contribution in [2.45, 2.75) is 18.9 Å². The summed E-state index contributed by atoms with van der Waals surface area (Å²) in [5, 5.41) is 22.8. The second-order valence-corrected chi connectivity index (χ2v) is 7.62. The van der Waals surface area contributed by atoms with E-state index in [4.69, 9.17) is 9.83 Å². The van der Waals surface area contributed by atoms with Gasteiger partial charge < -0.3 is 25.6 Å². The first-order valence-electron chi connectivity index (χ1n) is 10.4. The number of aromatic hydroxyl groups is 1. The van der Waals surface area contributed by atoms with Crippen LogP contribution in [0.2, 0.25) is 0 Å². The van der Waals surface area contributed by atoms with Crippen LogP contribution in [0, 0.1) is 0 Å². The molecule has 162 valence electrons. The summed E-state index contributed by atoms with van der Waals surface area (Å²) < 4.78 is 0. The molecular formula is C23H26ClN5O2. The maximum atomic E-state index is 10.6. The fourth-order valence-corrected chi connectivity index (χ4v) is 4.15. The molecule has 0 bridgehead atoms. The number of hydrogen-bond acceptors (Lipinski definition) is 6. The van der Waals surface area contributed by atoms with E-state index in [1.165, 1.54) is 0 Å². The summed E-state index contributed by atoms with van der Waals surface area (Å²) >= 11 is 0. The van der Waals surface area contributed by atoms with Crippen LogP contribution in [0.1, 0.15) is 24.0 Å². The quantitative estimate of drug-likeness (QED) is 0.349. The van der Waals surface area contributed by atoms with E-state index >= 15 is 0 Å². The van der Waals surface area contributed by atoms with Crippen molar-refractivity contribution >= 4 is 40.4 Å². The van der Waals surface area contributed by atoms with Crippen molar-refractivity contribution in [3.63, 3.8) is 0 Å². The molecule has 0 radical (unpaired) electrons. The Morgan fingerprint density at radius 2 is 1.87 bits per heavy atom. The smallest absolute Gasteiger partial charge is 0.199 e. The van der Waals surface area contributed by atoms with Gasteiger partial charge in [0.05, 0.1) is 11.3 Å². The maximum absolute atomic E-state index is 10.6. The van der Waals surface area contributed by atoms with Crippen LogP contribution in [0.4, 0.5) is 5.69 Å². The molecule has 7 nitrogen and oxygen atoms in total. The Labute approximate surface area is 187 Å². The second-order valence-electron chi connectivity index (χ2n) is 7.62. The van der Waals surface area contributed by atoms with E-state index in [-0.39, 0.29) is 18.3 Å². The van der Waals surface area contributed by atoms with Crippen molar-refractivity contribution in [2.24, 2.45) is 10.1 Å². The lowest BCUT2D eigenvalue weighted by atomic mass is 10.0. The average Bonchev–Trinajstić information content (AvgIpc) is 3.30. The van der Waals surface area contributed by atoms with Gasteiger partial charge >= 0.3 is 0 Å². The highest BCUT2D eigenvalue weighted by Gasteiger charge is 2.29. The van der Waals surface area contributed by atoms with Gasteiger partial charge in [-0.05, 0) is 38.1 Å². The Balaban J connectivity index is 0.00000231. The van der Waals surface area contributed by atoms with Crippen LogP contribution in [0.5, 0.6) is 5.88 Å². The summed E-state index contributed by atoms with van der Waals surface area (Å²) in [5.41, 5.74) is 4.51. The number of nitrogens with zero attached hydrogens (tertiary/aromatic N) is 2. The molecule has 2 aliphatic heterocycles. The molecule has 3 heterocycles. The van der Waals surface area contributed by atoms with Crippen molar-refractivity contribution in [1.82, 2.24) is 15.6 Å². The van der Waals surface area contributed by atoms with E-state index in [2.05, 4.69) is 20.8 Å². The molecule has 2 aliphatic rings. The van der Waals surface area contributed by atoms with Crippen molar-refractivity contribution in [1.29, 1.82) is 0 Å². The normalized spacial score (nSPS) is 17.4. The standard InChI is InChI=1S/C23H25N5O2.ClH/c29-23-20(16-5-1-3-7-18(16)27-23)22-21(17-6-2-4-8-19(17)26-22)28-30-14-13-25-15-9-11-24-12-10-15;/h1-8,15,24-25,27,29H,9-14H2;1H/b28-21+;. The molecule has 0 unspecified atom stereocenters. The third kappa shape index (κ3) is 4.30. The van der Waals surface area contributed by atoms with Gasteiger partial charge in [0.25, 0.3) is 0 Å². The van der Waals surface area contributed by atoms with Crippen LogP contribution in [0.3, 0.4) is 0 Å². The summed E-state index contributed by atoms with van der Waals surface area (Å²) in [4.78, 5) is 13.5. The number of aromatic amines is 1. The maximum Gasteiger partial charge on any atom is 0.199 e. The molecule has 1 fully saturated rings. The number of benzene rings is 2. The Morgan fingerprint density at radius 3 is 2.74 bits per heavy atom. The van der Waals surface area contributed by atoms with Gasteiger partial charge in [0.15, 0.2) is 5.88 Å². The van der Waals surface area contributed by atoms with Crippen LogP contribution in [0.15, 0.2) is 58.7 Å². The number of rotatable bonds is 6. The van der Waals surface area contributed by atoms with E-state index in [0.717, 1.165) is 54.6 Å². The first kappa shape index (κ1) is 21.4. The number of halogens is 1. The third-order valence-electron chi connectivity index (χ3n) is 5.66. The summed E-state index contributed by atoms with van der Waals surface area (Å²) in [6, 6.07) is 16.1. The molecule has 4 N–H and O–H groups in total. The molecule has 8 heteroatoms. The molecule has 1 aromatic heterocycles. The van der Waals surface area contributed by atoms with Gasteiger partial charge in [-0.15, -0.1) is 12.4 Å². The monoisotopic (exact) mass is 439 g/mol. The van der Waals surface area contributed by atoms with Gasteiger partial charge in [-0.2, -0.15) is 0 Å². The summed E-state index contributed by atoms with van der Waals surface area (Å²) in [6.07, 6.45) is 2.27. The summed E-state index contributed by atoms with van der Waals surface area (Å²) in [7, 11) is 0. The summed E-state index contributed by atoms with van der Waals surface area (Å²) in [5.74, 6) is 0.0861. The molecule has 0 saturated carbocycles. The number of nitrogens with one attached hydrogen (secondary N) is 3. The molecule has 3 aromatic rings. The van der Waals surface area contributed by atoms with Gasteiger partial charge in [-0.1, -0.05) is 41.6 Å². The van der Waals surface area contributed by atoms with Crippen LogP contribution in [-0.4, -0.2) is 53.8 Å². The topological polar surface area (TPSA) is 94.0 Å². The highest BCUT2D eigenvalue weighted by molar-refractivity contribution is 6.58. The minimum absolute atomic E-state index is 0. The fourth-order valence-electron chi connectivity index (χ4n) is 4.15. The minimum Gasteiger partial charge on any atom is -0.494 e. The SMILES string of the molecule is Cl.Oc1[nH]c2ccccc2c1C1=Nc2ccccc2/C1=N\OCCNC1CCNCC1.